The molecule has 20 heterocycles. The van der Waals surface area contributed by atoms with Gasteiger partial charge < -0.3 is 170 Å². The highest BCUT2D eigenvalue weighted by Crippen LogP contribution is 2.44. The van der Waals surface area contributed by atoms with Crippen LogP contribution in [0, 0.1) is 23.7 Å². The number of aliphatic hydroxyl groups is 19. The van der Waals surface area contributed by atoms with Crippen molar-refractivity contribution in [2.24, 2.45) is 29.4 Å². The van der Waals surface area contributed by atoms with Gasteiger partial charge >= 0.3 is 11.9 Å². The van der Waals surface area contributed by atoms with Crippen molar-refractivity contribution in [2.75, 3.05) is 56.0 Å². The number of aliphatic hydroxyl groups excluding tert-OH is 19. The Labute approximate surface area is 515 Å². The molecule has 37 atom stereocenters. The number of thioether (sulfide) groups is 2. The molecular formula is C51H85NO35S2. The van der Waals surface area contributed by atoms with Gasteiger partial charge in [0.25, 0.3) is 0 Å². The average molecular weight is 1340 g/mol. The van der Waals surface area contributed by atoms with E-state index in [2.05, 4.69) is 0 Å². The van der Waals surface area contributed by atoms with Gasteiger partial charge in [-0.05, 0) is 30.4 Å². The van der Waals surface area contributed by atoms with Gasteiger partial charge in [-0.2, -0.15) is 23.5 Å². The van der Waals surface area contributed by atoms with Crippen molar-refractivity contribution in [3.05, 3.63) is 0 Å². The van der Waals surface area contributed by atoms with E-state index in [1.165, 1.54) is 6.92 Å². The second-order valence-electron chi connectivity index (χ2n) is 23.6. The number of rotatable bonds is 15. The topological polar surface area (TPSA) is 596 Å². The van der Waals surface area contributed by atoms with Gasteiger partial charge in [0.05, 0.1) is 69.5 Å². The molecule has 0 aromatic carbocycles. The number of nitrogens with two attached hydrogens (primary N) is 1. The summed E-state index contributed by atoms with van der Waals surface area (Å²) in [5.41, 5.74) is 5.71. The van der Waals surface area contributed by atoms with E-state index in [9.17, 15) is 117 Å². The summed E-state index contributed by atoms with van der Waals surface area (Å²) in [6, 6.07) is -1.45. The molecule has 14 bridgehead atoms. The highest BCUT2D eigenvalue weighted by Gasteiger charge is 2.59. The second-order valence-corrected chi connectivity index (χ2v) is 25.7. The smallest absolute Gasteiger partial charge is 0.321 e. The maximum Gasteiger partial charge on any atom is 0.321 e. The first kappa shape index (κ1) is 73.2. The summed E-state index contributed by atoms with van der Waals surface area (Å²) in [6.45, 7) is -3.64. The van der Waals surface area contributed by atoms with Gasteiger partial charge in [0.1, 0.15) is 134 Å². The minimum Gasteiger partial charge on any atom is -0.481 e. The molecule has 38 heteroatoms. The maximum atomic E-state index is 11.9. The van der Waals surface area contributed by atoms with Crippen LogP contribution in [0.15, 0.2) is 0 Å². The molecule has 21 fully saturated rings. The van der Waals surface area contributed by atoms with Gasteiger partial charge in [-0.15, -0.1) is 0 Å². The second kappa shape index (κ2) is 31.9. The van der Waals surface area contributed by atoms with Crippen LogP contribution in [0.5, 0.6) is 0 Å². The fraction of sp³-hybridized carbons (Fsp3) is 0.961. The Balaban J connectivity index is 1.11. The van der Waals surface area contributed by atoms with Gasteiger partial charge in [0.15, 0.2) is 37.7 Å². The van der Waals surface area contributed by atoms with Crippen LogP contribution in [0.1, 0.15) is 19.8 Å². The predicted molar refractivity (Wildman–Crippen MR) is 287 cm³/mol. The summed E-state index contributed by atoms with van der Waals surface area (Å²) >= 11 is 1.92. The minimum atomic E-state index is -2.24. The number of carboxylic acid groups (broad SMARTS) is 2. The number of hydrogen-bond donors (Lipinski definition) is 22. The Morgan fingerprint density at radius 3 is 1.02 bits per heavy atom. The van der Waals surface area contributed by atoms with E-state index >= 15 is 0 Å². The molecule has 36 nitrogen and oxygen atoms in total. The van der Waals surface area contributed by atoms with Crippen LogP contribution < -0.4 is 5.73 Å². The van der Waals surface area contributed by atoms with E-state index in [0.717, 1.165) is 23.5 Å². The average Bonchev–Trinajstić information content (AvgIpc) is 0.983. The lowest BCUT2D eigenvalue weighted by molar-refractivity contribution is -0.394. The van der Waals surface area contributed by atoms with Crippen LogP contribution in [0.25, 0.3) is 0 Å². The third-order valence-corrected chi connectivity index (χ3v) is 20.1. The molecule has 516 valence electrons. The summed E-state index contributed by atoms with van der Waals surface area (Å²) in [7, 11) is 0. The van der Waals surface area contributed by atoms with Crippen LogP contribution in [0.4, 0.5) is 0 Å². The van der Waals surface area contributed by atoms with Crippen LogP contribution in [0.2, 0.25) is 0 Å². The van der Waals surface area contributed by atoms with Crippen molar-refractivity contribution in [2.45, 2.75) is 222 Å². The minimum absolute atomic E-state index is 0.00939. The van der Waals surface area contributed by atoms with Gasteiger partial charge in [0.2, 0.25) is 0 Å². The number of aliphatic carboxylic acids is 2. The molecule has 0 amide bonds. The zero-order valence-corrected chi connectivity index (χ0v) is 49.3. The number of carbonyl (C=O) groups is 2. The van der Waals surface area contributed by atoms with Crippen molar-refractivity contribution in [3.8, 4) is 0 Å². The van der Waals surface area contributed by atoms with E-state index in [4.69, 9.17) is 62.6 Å². The Kier molecular flexibility index (Phi) is 26.3. The summed E-state index contributed by atoms with van der Waals surface area (Å²) < 4.78 is 70.6. The number of ether oxygens (including phenoxy) is 12. The van der Waals surface area contributed by atoms with Crippen LogP contribution in [-0.2, 0) is 66.4 Å². The summed E-state index contributed by atoms with van der Waals surface area (Å²) in [5.74, 6) is -7.33. The highest BCUT2D eigenvalue weighted by molar-refractivity contribution is 7.99. The highest BCUT2D eigenvalue weighted by atomic mass is 32.2. The fourth-order valence-electron chi connectivity index (χ4n) is 12.4. The summed E-state index contributed by atoms with van der Waals surface area (Å²) in [6.07, 6.45) is -63.0. The molecule has 0 aromatic heterocycles. The molecule has 21 aliphatic rings. The van der Waals surface area contributed by atoms with Crippen molar-refractivity contribution >= 4 is 35.5 Å². The molecule has 0 aromatic rings. The first-order valence-corrected chi connectivity index (χ1v) is 31.3. The largest absolute Gasteiger partial charge is 0.481 e. The van der Waals surface area contributed by atoms with E-state index in [0.29, 0.717) is 0 Å². The van der Waals surface area contributed by atoms with Crippen LogP contribution in [-0.4, -0.2) is 378 Å². The molecule has 0 spiro atoms. The summed E-state index contributed by atoms with van der Waals surface area (Å²) in [5, 5.41) is 235. The van der Waals surface area contributed by atoms with Gasteiger partial charge in [-0.25, -0.2) is 0 Å². The first-order valence-electron chi connectivity index (χ1n) is 29.0. The van der Waals surface area contributed by atoms with Crippen LogP contribution in [0.3, 0.4) is 0 Å². The Bertz CT molecular complexity index is 2190. The van der Waals surface area contributed by atoms with E-state index in [-0.39, 0.29) is 35.9 Å². The molecule has 1 saturated carbocycles. The monoisotopic (exact) mass is 1340 g/mol. The normalized spacial score (nSPS) is 50.1. The van der Waals surface area contributed by atoms with Crippen molar-refractivity contribution in [1.29, 1.82) is 0 Å². The third-order valence-electron chi connectivity index (χ3n) is 17.5. The molecule has 14 unspecified atom stereocenters. The lowest BCUT2D eigenvalue weighted by atomic mass is 9.70. The van der Waals surface area contributed by atoms with Crippen LogP contribution >= 0.6 is 23.5 Å². The maximum absolute atomic E-state index is 11.9. The van der Waals surface area contributed by atoms with Gasteiger partial charge in [0, 0.05) is 23.2 Å². The van der Waals surface area contributed by atoms with E-state index in [1.807, 2.05) is 0 Å². The zero-order valence-electron chi connectivity index (χ0n) is 47.6. The number of carboxylic acids is 2. The van der Waals surface area contributed by atoms with E-state index < -0.39 is 271 Å². The molecule has 23 N–H and O–H groups in total. The molecular weight excluding hydrogens is 1250 g/mol. The van der Waals surface area contributed by atoms with Gasteiger partial charge in [-0.1, -0.05) is 6.92 Å². The Hall–Kier alpha value is -1.64. The Morgan fingerprint density at radius 1 is 0.371 bits per heavy atom. The number of hydrogen-bond acceptors (Lipinski definition) is 36. The molecule has 21 rings (SSSR count). The van der Waals surface area contributed by atoms with E-state index in [1.54, 1.807) is 0 Å². The zero-order chi connectivity index (χ0) is 65.2. The van der Waals surface area contributed by atoms with Gasteiger partial charge in [-0.3, -0.25) is 9.59 Å². The Morgan fingerprint density at radius 2 is 0.674 bits per heavy atom. The molecule has 89 heavy (non-hydrogen) atoms. The predicted octanol–water partition coefficient (Wildman–Crippen LogP) is -12.1. The lowest BCUT2D eigenvalue weighted by Gasteiger charge is -2.50. The summed E-state index contributed by atoms with van der Waals surface area (Å²) in [4.78, 5) is 23.4. The SMILES string of the molecule is C[C@H](CSCC1C[C@@H]2C[C@@H]3C(CO)O[C@H](O[C@@H]4C(CO)O[C@H](O[C@@H]5C(CSC[C@@H](N)C(=O)O)O[C@H](O[C@@H]6C(CO)O[C@H](O[C@@H]7C(CO)O[C@H](O[C@@H]8C(CO)O[C@H](O[C@H]1[C@H](O)C2O)C(O)[C@H]8O)[C@@H](O)C7O)[C@@H](O)C6O)[C@@H](O)C5O)[C@@H](O)C4O)[C@@H](O)C3O)C(=O)O. The molecule has 1 aliphatic carbocycles. The fourth-order valence-corrected chi connectivity index (χ4v) is 14.6. The first-order chi connectivity index (χ1) is 42.2. The third kappa shape index (κ3) is 15.9. The molecule has 0 radical (unpaired) electrons. The quantitative estimate of drug-likeness (QED) is 0.0724. The molecule has 20 aliphatic heterocycles. The van der Waals surface area contributed by atoms with Crippen molar-refractivity contribution in [3.63, 3.8) is 0 Å². The standard InChI is InChI=1S/C51H85NO35S2/c1-13(44(72)73)9-88-10-15-2-14-3-16-18(4-53)76-46(32(66)25(16)59)83-39-20(6-55)80-50(36(70)30(39)64)87-43-23(12-89-11-17(52)45(74)75)81-51(37(71)31(43)65)86-42-22(8-57)79-49(35(69)29(42)63)85-41-21(7-56)78-48(34(68)28(41)62)84-40-19(5-54)77-47(33(67)27(40)61)82-38(15)26(60)24(14)58/h13-43,46-51,53-71H,2-12,52H2,1H3,(H,72,73)(H,74,75)/t13-,14-,15?,16-,17-,18?,19?,20?,21?,22?,23?,24?,25?,26-,27-,28?,29?,30?,31?,32+,33?,34+,35+,36+,37+,38-,39-,40-,41-,42-,43-,46-,47-,48-,49-,50-,51-/m1/s1. The van der Waals surface area contributed by atoms with Crippen molar-refractivity contribution < 1.29 is 174 Å². The van der Waals surface area contributed by atoms with Crippen molar-refractivity contribution in [1.82, 2.24) is 0 Å². The lowest BCUT2D eigenvalue weighted by Crippen LogP contribution is -2.68. The molecule has 20 saturated heterocycles.